The Labute approximate surface area is 120 Å². The Morgan fingerprint density at radius 2 is 2.00 bits per heavy atom. The van der Waals surface area contributed by atoms with E-state index in [-0.39, 0.29) is 6.10 Å². The van der Waals surface area contributed by atoms with Crippen LogP contribution in [0.3, 0.4) is 0 Å². The molecule has 1 aromatic rings. The monoisotopic (exact) mass is 280 g/mol. The molecule has 20 heavy (non-hydrogen) atoms. The molecule has 0 bridgehead atoms. The number of aliphatic hydroxyl groups is 1. The van der Waals surface area contributed by atoms with Crippen molar-refractivity contribution in [2.75, 3.05) is 44.7 Å². The minimum atomic E-state index is -0.267. The zero-order valence-corrected chi connectivity index (χ0v) is 12.5. The lowest BCUT2D eigenvalue weighted by Crippen LogP contribution is -2.48. The number of hydrogen-bond donors (Lipinski definition) is 1. The van der Waals surface area contributed by atoms with Gasteiger partial charge in [0.25, 0.3) is 0 Å². The van der Waals surface area contributed by atoms with Crippen LogP contribution in [-0.2, 0) is 11.3 Å². The molecule has 0 amide bonds. The van der Waals surface area contributed by atoms with Gasteiger partial charge in [0.05, 0.1) is 6.10 Å². The fraction of sp³-hybridized carbons (Fsp3) is 0.714. The summed E-state index contributed by atoms with van der Waals surface area (Å²) in [6.07, 6.45) is -0.267. The van der Waals surface area contributed by atoms with E-state index in [1.165, 1.54) is 0 Å². The topological polar surface area (TPSA) is 61.7 Å². The highest BCUT2D eigenvalue weighted by Crippen LogP contribution is 2.15. The summed E-state index contributed by atoms with van der Waals surface area (Å²) < 4.78 is 5.11. The third-order valence-electron chi connectivity index (χ3n) is 3.38. The Bertz CT molecular complexity index is 431. The lowest BCUT2D eigenvalue weighted by Gasteiger charge is -2.36. The van der Waals surface area contributed by atoms with E-state index in [0.717, 1.165) is 50.1 Å². The molecule has 1 saturated heterocycles. The molecule has 112 valence electrons. The van der Waals surface area contributed by atoms with E-state index in [4.69, 9.17) is 4.74 Å². The SMILES string of the molecule is COCc1nc(C)cc(N2CCN(C[C@@H](C)O)CC2)n1. The van der Waals surface area contributed by atoms with E-state index in [1.54, 1.807) is 7.11 Å². The average Bonchev–Trinajstić information content (AvgIpc) is 2.38. The van der Waals surface area contributed by atoms with Gasteiger partial charge in [0, 0.05) is 51.6 Å². The fourth-order valence-electron chi connectivity index (χ4n) is 2.50. The number of β-amino-alcohol motifs (C(OH)–C–C–N with tert-alkyl or cyclic N) is 1. The van der Waals surface area contributed by atoms with Crippen molar-refractivity contribution in [1.82, 2.24) is 14.9 Å². The van der Waals surface area contributed by atoms with Gasteiger partial charge < -0.3 is 14.7 Å². The molecule has 0 radical (unpaired) electrons. The average molecular weight is 280 g/mol. The largest absolute Gasteiger partial charge is 0.392 e. The van der Waals surface area contributed by atoms with Crippen molar-refractivity contribution in [3.63, 3.8) is 0 Å². The lowest BCUT2D eigenvalue weighted by molar-refractivity contribution is 0.122. The van der Waals surface area contributed by atoms with Gasteiger partial charge in [-0.3, -0.25) is 4.90 Å². The number of ether oxygens (including phenoxy) is 1. The Morgan fingerprint density at radius 1 is 1.30 bits per heavy atom. The third-order valence-corrected chi connectivity index (χ3v) is 3.38. The molecule has 1 aliphatic heterocycles. The summed E-state index contributed by atoms with van der Waals surface area (Å²) in [5.74, 6) is 1.70. The van der Waals surface area contributed by atoms with Gasteiger partial charge in [-0.15, -0.1) is 0 Å². The van der Waals surface area contributed by atoms with Crippen LogP contribution >= 0.6 is 0 Å². The number of aromatic nitrogens is 2. The van der Waals surface area contributed by atoms with Gasteiger partial charge in [0.1, 0.15) is 12.4 Å². The number of aliphatic hydroxyl groups excluding tert-OH is 1. The third kappa shape index (κ3) is 4.13. The van der Waals surface area contributed by atoms with Crippen molar-refractivity contribution in [1.29, 1.82) is 0 Å². The second-order valence-electron chi connectivity index (χ2n) is 5.35. The summed E-state index contributed by atoms with van der Waals surface area (Å²) in [5.41, 5.74) is 0.966. The molecule has 6 nitrogen and oxygen atoms in total. The molecular formula is C14H24N4O2. The zero-order chi connectivity index (χ0) is 14.5. The number of aryl methyl sites for hydroxylation is 1. The highest BCUT2D eigenvalue weighted by molar-refractivity contribution is 5.40. The molecule has 2 rings (SSSR count). The van der Waals surface area contributed by atoms with Crippen molar-refractivity contribution in [2.24, 2.45) is 0 Å². The molecule has 0 aromatic carbocycles. The molecule has 0 saturated carbocycles. The molecule has 0 aliphatic carbocycles. The van der Waals surface area contributed by atoms with Crippen LogP contribution < -0.4 is 4.90 Å². The Morgan fingerprint density at radius 3 is 2.60 bits per heavy atom. The van der Waals surface area contributed by atoms with E-state index in [2.05, 4.69) is 19.8 Å². The number of nitrogens with zero attached hydrogens (tertiary/aromatic N) is 4. The first-order chi connectivity index (χ1) is 9.58. The summed E-state index contributed by atoms with van der Waals surface area (Å²) >= 11 is 0. The second kappa shape index (κ2) is 6.97. The predicted octanol–water partition coefficient (Wildman–Crippen LogP) is 0.434. The second-order valence-corrected chi connectivity index (χ2v) is 5.35. The first-order valence-corrected chi connectivity index (χ1v) is 7.07. The molecule has 2 heterocycles. The summed E-state index contributed by atoms with van der Waals surface area (Å²) in [4.78, 5) is 13.5. The Kier molecular flexibility index (Phi) is 5.28. The van der Waals surface area contributed by atoms with E-state index in [1.807, 2.05) is 19.9 Å². The normalized spacial score (nSPS) is 18.3. The number of hydrogen-bond acceptors (Lipinski definition) is 6. The molecular weight excluding hydrogens is 256 g/mol. The van der Waals surface area contributed by atoms with Crippen LogP contribution in [0.4, 0.5) is 5.82 Å². The van der Waals surface area contributed by atoms with Crippen LogP contribution in [0, 0.1) is 6.92 Å². The maximum Gasteiger partial charge on any atom is 0.156 e. The van der Waals surface area contributed by atoms with Crippen LogP contribution in [0.25, 0.3) is 0 Å². The van der Waals surface area contributed by atoms with Crippen LogP contribution in [0.2, 0.25) is 0 Å². The van der Waals surface area contributed by atoms with Gasteiger partial charge in [-0.1, -0.05) is 0 Å². The Balaban J connectivity index is 1.99. The smallest absolute Gasteiger partial charge is 0.156 e. The minimum absolute atomic E-state index is 0.267. The van der Waals surface area contributed by atoms with E-state index < -0.39 is 0 Å². The predicted molar refractivity (Wildman–Crippen MR) is 77.8 cm³/mol. The summed E-state index contributed by atoms with van der Waals surface area (Å²) in [5, 5.41) is 9.43. The molecule has 1 aromatic heterocycles. The number of methoxy groups -OCH3 is 1. The van der Waals surface area contributed by atoms with Crippen molar-refractivity contribution in [3.8, 4) is 0 Å². The van der Waals surface area contributed by atoms with Crippen LogP contribution in [0.1, 0.15) is 18.4 Å². The van der Waals surface area contributed by atoms with Gasteiger partial charge in [-0.2, -0.15) is 0 Å². The minimum Gasteiger partial charge on any atom is -0.392 e. The van der Waals surface area contributed by atoms with E-state index in [9.17, 15) is 5.11 Å². The van der Waals surface area contributed by atoms with Crippen molar-refractivity contribution in [2.45, 2.75) is 26.6 Å². The van der Waals surface area contributed by atoms with Crippen LogP contribution in [-0.4, -0.2) is 65.9 Å². The van der Waals surface area contributed by atoms with Gasteiger partial charge in [-0.05, 0) is 13.8 Å². The molecule has 6 heteroatoms. The molecule has 0 spiro atoms. The maximum absolute atomic E-state index is 9.43. The summed E-state index contributed by atoms with van der Waals surface area (Å²) in [7, 11) is 1.65. The molecule has 1 aliphatic rings. The van der Waals surface area contributed by atoms with Gasteiger partial charge in [-0.25, -0.2) is 9.97 Å². The highest BCUT2D eigenvalue weighted by atomic mass is 16.5. The summed E-state index contributed by atoms with van der Waals surface area (Å²) in [6, 6.07) is 2.02. The molecule has 1 fully saturated rings. The maximum atomic E-state index is 9.43. The highest BCUT2D eigenvalue weighted by Gasteiger charge is 2.19. The number of piperazine rings is 1. The van der Waals surface area contributed by atoms with E-state index >= 15 is 0 Å². The standard InChI is InChI=1S/C14H24N4O2/c1-11-8-14(16-13(15-11)10-20-3)18-6-4-17(5-7-18)9-12(2)19/h8,12,19H,4-7,9-10H2,1-3H3/t12-/m1/s1. The molecule has 0 unspecified atom stereocenters. The van der Waals surface area contributed by atoms with Crippen molar-refractivity contribution < 1.29 is 9.84 Å². The van der Waals surface area contributed by atoms with Gasteiger partial charge >= 0.3 is 0 Å². The molecule has 1 atom stereocenters. The van der Waals surface area contributed by atoms with E-state index in [0.29, 0.717) is 6.61 Å². The van der Waals surface area contributed by atoms with Crippen molar-refractivity contribution >= 4 is 5.82 Å². The van der Waals surface area contributed by atoms with Gasteiger partial charge in [0.2, 0.25) is 0 Å². The zero-order valence-electron chi connectivity index (χ0n) is 12.5. The first kappa shape index (κ1) is 15.2. The number of rotatable bonds is 5. The molecule has 1 N–H and O–H groups in total. The van der Waals surface area contributed by atoms with Crippen LogP contribution in [0.15, 0.2) is 6.07 Å². The quantitative estimate of drug-likeness (QED) is 0.844. The Hall–Kier alpha value is -1.24. The fourth-order valence-corrected chi connectivity index (χ4v) is 2.50. The lowest BCUT2D eigenvalue weighted by atomic mass is 10.2. The van der Waals surface area contributed by atoms with Crippen molar-refractivity contribution in [3.05, 3.63) is 17.6 Å². The summed E-state index contributed by atoms with van der Waals surface area (Å²) in [6.45, 7) is 8.75. The number of anilines is 1. The van der Waals surface area contributed by atoms with Crippen LogP contribution in [0.5, 0.6) is 0 Å². The van der Waals surface area contributed by atoms with Gasteiger partial charge in [0.15, 0.2) is 5.82 Å². The first-order valence-electron chi connectivity index (χ1n) is 7.07.